The van der Waals surface area contributed by atoms with Crippen LogP contribution in [0.3, 0.4) is 0 Å². The van der Waals surface area contributed by atoms with Gasteiger partial charge in [0.25, 0.3) is 0 Å². The van der Waals surface area contributed by atoms with Crippen LogP contribution in [0.5, 0.6) is 0 Å². The number of hydrogen-bond acceptors (Lipinski definition) is 4. The zero-order valence-electron chi connectivity index (χ0n) is 11.1. The summed E-state index contributed by atoms with van der Waals surface area (Å²) in [7, 11) is 2.04. The number of rotatable bonds is 5. The fourth-order valence-corrected chi connectivity index (χ4v) is 2.32. The van der Waals surface area contributed by atoms with Gasteiger partial charge < -0.3 is 5.32 Å². The monoisotopic (exact) mass is 237 g/mol. The molecule has 1 aromatic rings. The largest absolute Gasteiger partial charge is 0.316 e. The second-order valence-corrected chi connectivity index (χ2v) is 5.26. The lowest BCUT2D eigenvalue weighted by Gasteiger charge is -2.16. The van der Waals surface area contributed by atoms with E-state index in [1.807, 2.05) is 11.7 Å². The molecule has 0 saturated carbocycles. The van der Waals surface area contributed by atoms with Gasteiger partial charge in [0.1, 0.15) is 12.2 Å². The van der Waals surface area contributed by atoms with Gasteiger partial charge in [-0.15, -0.1) is 0 Å². The molecule has 96 valence electrons. The summed E-state index contributed by atoms with van der Waals surface area (Å²) < 4.78 is 2.04. The number of nitrogens with one attached hydrogen (secondary N) is 1. The first kappa shape index (κ1) is 12.5. The molecule has 1 unspecified atom stereocenters. The van der Waals surface area contributed by atoms with Gasteiger partial charge in [-0.3, -0.25) is 4.90 Å². The van der Waals surface area contributed by atoms with Gasteiger partial charge in [0.15, 0.2) is 0 Å². The van der Waals surface area contributed by atoms with Crippen LogP contribution in [0.1, 0.15) is 26.1 Å². The Bertz CT molecular complexity index is 346. The first-order chi connectivity index (χ1) is 8.19. The van der Waals surface area contributed by atoms with Crippen LogP contribution in [0.4, 0.5) is 0 Å². The first-order valence-corrected chi connectivity index (χ1v) is 6.45. The van der Waals surface area contributed by atoms with Crippen LogP contribution in [0.25, 0.3) is 0 Å². The summed E-state index contributed by atoms with van der Waals surface area (Å²) in [5, 5.41) is 7.64. The number of hydrogen-bond donors (Lipinski definition) is 1. The van der Waals surface area contributed by atoms with Gasteiger partial charge >= 0.3 is 0 Å². The average Bonchev–Trinajstić information content (AvgIpc) is 2.89. The molecule has 0 spiro atoms. The molecule has 1 saturated heterocycles. The highest BCUT2D eigenvalue weighted by Crippen LogP contribution is 2.12. The normalized spacial score (nSPS) is 21.5. The highest BCUT2D eigenvalue weighted by atomic mass is 15.4. The Morgan fingerprint density at radius 2 is 2.35 bits per heavy atom. The molecular weight excluding hydrogens is 214 g/mol. The Morgan fingerprint density at radius 1 is 1.53 bits per heavy atom. The predicted molar refractivity (Wildman–Crippen MR) is 67.6 cm³/mol. The van der Waals surface area contributed by atoms with Crippen molar-refractivity contribution in [1.82, 2.24) is 25.0 Å². The van der Waals surface area contributed by atoms with Crippen LogP contribution in [0.2, 0.25) is 0 Å². The van der Waals surface area contributed by atoms with Crippen LogP contribution in [0, 0.1) is 5.92 Å². The molecule has 1 fully saturated rings. The molecule has 5 heteroatoms. The molecule has 5 nitrogen and oxygen atoms in total. The summed E-state index contributed by atoms with van der Waals surface area (Å²) in [5.41, 5.74) is 0. The minimum absolute atomic E-state index is 0.610. The molecule has 1 aromatic heterocycles. The van der Waals surface area contributed by atoms with Crippen molar-refractivity contribution in [3.63, 3.8) is 0 Å². The third-order valence-electron chi connectivity index (χ3n) is 3.28. The lowest BCUT2D eigenvalue weighted by atomic mass is 10.2. The summed E-state index contributed by atoms with van der Waals surface area (Å²) >= 11 is 0. The van der Waals surface area contributed by atoms with Crippen molar-refractivity contribution in [3.8, 4) is 0 Å². The SMILES string of the molecule is CNC1CCN(Cc2ncnn2CC(C)C)C1. The number of nitrogens with zero attached hydrogens (tertiary/aromatic N) is 4. The van der Waals surface area contributed by atoms with Crippen molar-refractivity contribution in [3.05, 3.63) is 12.2 Å². The standard InChI is InChI=1S/C12H23N5/c1-10(2)6-17-12(14-9-15-17)8-16-5-4-11(7-16)13-3/h9-11,13H,4-8H2,1-3H3. The van der Waals surface area contributed by atoms with Crippen molar-refractivity contribution in [2.45, 2.75) is 39.4 Å². The van der Waals surface area contributed by atoms with E-state index >= 15 is 0 Å². The van der Waals surface area contributed by atoms with Gasteiger partial charge in [0, 0.05) is 25.7 Å². The molecule has 1 aliphatic heterocycles. The first-order valence-electron chi connectivity index (χ1n) is 6.45. The Labute approximate surface area is 103 Å². The molecular formula is C12H23N5. The average molecular weight is 237 g/mol. The van der Waals surface area contributed by atoms with Crippen molar-refractivity contribution >= 4 is 0 Å². The Balaban J connectivity index is 1.92. The minimum Gasteiger partial charge on any atom is -0.316 e. The van der Waals surface area contributed by atoms with Gasteiger partial charge in [-0.25, -0.2) is 9.67 Å². The second-order valence-electron chi connectivity index (χ2n) is 5.26. The van der Waals surface area contributed by atoms with Gasteiger partial charge in [-0.1, -0.05) is 13.8 Å². The van der Waals surface area contributed by atoms with Crippen molar-refractivity contribution < 1.29 is 0 Å². The zero-order valence-corrected chi connectivity index (χ0v) is 11.1. The Hall–Kier alpha value is -0.940. The number of aromatic nitrogens is 3. The van der Waals surface area contributed by atoms with E-state index in [0.29, 0.717) is 12.0 Å². The molecule has 1 N–H and O–H groups in total. The van der Waals surface area contributed by atoms with Gasteiger partial charge in [0.05, 0.1) is 6.54 Å². The molecule has 0 aromatic carbocycles. The van der Waals surface area contributed by atoms with E-state index in [1.165, 1.54) is 6.42 Å². The highest BCUT2D eigenvalue weighted by Gasteiger charge is 2.22. The van der Waals surface area contributed by atoms with E-state index in [-0.39, 0.29) is 0 Å². The third kappa shape index (κ3) is 3.26. The minimum atomic E-state index is 0.610. The van der Waals surface area contributed by atoms with Crippen LogP contribution >= 0.6 is 0 Å². The summed E-state index contributed by atoms with van der Waals surface area (Å²) in [6, 6.07) is 0.636. The Kier molecular flexibility index (Phi) is 4.12. The van der Waals surface area contributed by atoms with E-state index < -0.39 is 0 Å². The van der Waals surface area contributed by atoms with Crippen molar-refractivity contribution in [2.24, 2.45) is 5.92 Å². The molecule has 2 heterocycles. The zero-order chi connectivity index (χ0) is 12.3. The van der Waals surface area contributed by atoms with E-state index in [1.54, 1.807) is 6.33 Å². The smallest absolute Gasteiger partial charge is 0.141 e. The number of likely N-dealkylation sites (tertiary alicyclic amines) is 1. The van der Waals surface area contributed by atoms with Crippen LogP contribution < -0.4 is 5.32 Å². The summed E-state index contributed by atoms with van der Waals surface area (Å²) in [4.78, 5) is 6.82. The quantitative estimate of drug-likeness (QED) is 0.820. The molecule has 0 aliphatic carbocycles. The topological polar surface area (TPSA) is 46.0 Å². The maximum atomic E-state index is 4.37. The lowest BCUT2D eigenvalue weighted by molar-refractivity contribution is 0.302. The maximum Gasteiger partial charge on any atom is 0.141 e. The van der Waals surface area contributed by atoms with E-state index in [2.05, 4.69) is 34.1 Å². The molecule has 0 bridgehead atoms. The van der Waals surface area contributed by atoms with Gasteiger partial charge in [0.2, 0.25) is 0 Å². The molecule has 0 amide bonds. The van der Waals surface area contributed by atoms with Gasteiger partial charge in [-0.05, 0) is 19.4 Å². The fourth-order valence-electron chi connectivity index (χ4n) is 2.32. The van der Waals surface area contributed by atoms with Crippen molar-refractivity contribution in [2.75, 3.05) is 20.1 Å². The van der Waals surface area contributed by atoms with E-state index in [4.69, 9.17) is 0 Å². The second kappa shape index (κ2) is 5.60. The van der Waals surface area contributed by atoms with Crippen LogP contribution in [-0.2, 0) is 13.1 Å². The molecule has 1 aliphatic rings. The highest BCUT2D eigenvalue weighted by molar-refractivity contribution is 4.89. The third-order valence-corrected chi connectivity index (χ3v) is 3.28. The van der Waals surface area contributed by atoms with E-state index in [0.717, 1.165) is 32.0 Å². The number of likely N-dealkylation sites (N-methyl/N-ethyl adjacent to an activating group) is 1. The Morgan fingerprint density at radius 3 is 3.00 bits per heavy atom. The molecule has 1 atom stereocenters. The lowest BCUT2D eigenvalue weighted by Crippen LogP contribution is -2.30. The fraction of sp³-hybridized carbons (Fsp3) is 0.833. The molecule has 0 radical (unpaired) electrons. The predicted octanol–water partition coefficient (Wildman–Crippen LogP) is 0.728. The maximum absolute atomic E-state index is 4.37. The summed E-state index contributed by atoms with van der Waals surface area (Å²) in [5.74, 6) is 1.70. The summed E-state index contributed by atoms with van der Waals surface area (Å²) in [6.07, 6.45) is 2.90. The van der Waals surface area contributed by atoms with Crippen LogP contribution in [0.15, 0.2) is 6.33 Å². The summed E-state index contributed by atoms with van der Waals surface area (Å²) in [6.45, 7) is 8.56. The molecule has 17 heavy (non-hydrogen) atoms. The van der Waals surface area contributed by atoms with Gasteiger partial charge in [-0.2, -0.15) is 5.10 Å². The van der Waals surface area contributed by atoms with Crippen molar-refractivity contribution in [1.29, 1.82) is 0 Å². The van der Waals surface area contributed by atoms with E-state index in [9.17, 15) is 0 Å². The molecule has 2 rings (SSSR count). The van der Waals surface area contributed by atoms with Crippen LogP contribution in [-0.4, -0.2) is 45.8 Å².